The standard InChI is InChI=1S/C8H13N5O3S/c1-13(17(3,14)15)12-8(9)6-4-10-5-7(11-6)16-2/h4-5H,1-3H3,(H2,9,12). The SMILES string of the molecule is COc1cncc(/C(N)=N/N(C)S(C)(=O)=O)n1. The van der Waals surface area contributed by atoms with Crippen LogP contribution in [-0.2, 0) is 10.0 Å². The zero-order valence-corrected chi connectivity index (χ0v) is 10.5. The van der Waals surface area contributed by atoms with Gasteiger partial charge in [0, 0.05) is 7.05 Å². The first-order valence-electron chi connectivity index (χ1n) is 4.49. The van der Waals surface area contributed by atoms with Gasteiger partial charge in [0.25, 0.3) is 0 Å². The highest BCUT2D eigenvalue weighted by atomic mass is 32.2. The third-order valence-corrected chi connectivity index (χ3v) is 2.85. The van der Waals surface area contributed by atoms with Crippen LogP contribution < -0.4 is 10.5 Å². The van der Waals surface area contributed by atoms with Gasteiger partial charge in [-0.05, 0) is 0 Å². The van der Waals surface area contributed by atoms with Gasteiger partial charge in [-0.15, -0.1) is 5.10 Å². The molecule has 0 bridgehead atoms. The molecule has 1 aromatic heterocycles. The quantitative estimate of drug-likeness (QED) is 0.421. The molecule has 0 radical (unpaired) electrons. The summed E-state index contributed by atoms with van der Waals surface area (Å²) in [5, 5.41) is 3.68. The van der Waals surface area contributed by atoms with Gasteiger partial charge in [-0.1, -0.05) is 0 Å². The molecule has 0 atom stereocenters. The monoisotopic (exact) mass is 259 g/mol. The second-order valence-corrected chi connectivity index (χ2v) is 5.12. The molecule has 9 heteroatoms. The van der Waals surface area contributed by atoms with Gasteiger partial charge in [-0.25, -0.2) is 13.4 Å². The molecule has 2 N–H and O–H groups in total. The van der Waals surface area contributed by atoms with Crippen LogP contribution in [0.5, 0.6) is 5.88 Å². The largest absolute Gasteiger partial charge is 0.480 e. The van der Waals surface area contributed by atoms with Crippen LogP contribution in [0.15, 0.2) is 17.5 Å². The normalized spacial score (nSPS) is 12.3. The number of methoxy groups -OCH3 is 1. The van der Waals surface area contributed by atoms with Gasteiger partial charge in [0.1, 0.15) is 5.69 Å². The van der Waals surface area contributed by atoms with Crippen molar-refractivity contribution in [2.24, 2.45) is 10.8 Å². The van der Waals surface area contributed by atoms with Gasteiger partial charge in [0.2, 0.25) is 15.9 Å². The van der Waals surface area contributed by atoms with E-state index in [4.69, 9.17) is 10.5 Å². The highest BCUT2D eigenvalue weighted by Gasteiger charge is 2.10. The lowest BCUT2D eigenvalue weighted by Gasteiger charge is -2.10. The average molecular weight is 259 g/mol. The third kappa shape index (κ3) is 3.55. The minimum absolute atomic E-state index is 0.0654. The van der Waals surface area contributed by atoms with Gasteiger partial charge >= 0.3 is 0 Å². The Bertz CT molecular complexity index is 528. The first-order chi connectivity index (χ1) is 7.84. The molecule has 0 saturated carbocycles. The van der Waals surface area contributed by atoms with Crippen LogP contribution in [0.25, 0.3) is 0 Å². The number of aromatic nitrogens is 2. The summed E-state index contributed by atoms with van der Waals surface area (Å²) in [6.07, 6.45) is 3.77. The summed E-state index contributed by atoms with van der Waals surface area (Å²) < 4.78 is 27.9. The topological polar surface area (TPSA) is 111 Å². The predicted octanol–water partition coefficient (Wildman–Crippen LogP) is -1.00. The molecule has 17 heavy (non-hydrogen) atoms. The minimum atomic E-state index is -3.44. The van der Waals surface area contributed by atoms with Crippen molar-refractivity contribution in [3.63, 3.8) is 0 Å². The molecule has 0 spiro atoms. The van der Waals surface area contributed by atoms with E-state index in [9.17, 15) is 8.42 Å². The molecule has 0 saturated heterocycles. The second-order valence-electron chi connectivity index (χ2n) is 3.13. The van der Waals surface area contributed by atoms with E-state index in [1.165, 1.54) is 26.6 Å². The number of hydrazone groups is 1. The van der Waals surface area contributed by atoms with Crippen molar-refractivity contribution in [3.05, 3.63) is 18.1 Å². The highest BCUT2D eigenvalue weighted by Crippen LogP contribution is 2.04. The number of ether oxygens (including phenoxy) is 1. The van der Waals surface area contributed by atoms with E-state index in [1.807, 2.05) is 0 Å². The van der Waals surface area contributed by atoms with Crippen molar-refractivity contribution in [1.82, 2.24) is 14.4 Å². The summed E-state index contributed by atoms with van der Waals surface area (Å²) in [4.78, 5) is 7.79. The molecule has 94 valence electrons. The molecule has 0 aromatic carbocycles. The first-order valence-corrected chi connectivity index (χ1v) is 6.34. The molecule has 1 heterocycles. The Kier molecular flexibility index (Phi) is 3.84. The van der Waals surface area contributed by atoms with E-state index in [2.05, 4.69) is 15.1 Å². The zero-order valence-electron chi connectivity index (χ0n) is 9.65. The smallest absolute Gasteiger partial charge is 0.246 e. The molecule has 0 unspecified atom stereocenters. The summed E-state index contributed by atoms with van der Waals surface area (Å²) in [5.41, 5.74) is 5.84. The van der Waals surface area contributed by atoms with Gasteiger partial charge in [0.15, 0.2) is 5.84 Å². The van der Waals surface area contributed by atoms with E-state index in [1.54, 1.807) is 0 Å². The van der Waals surface area contributed by atoms with Gasteiger partial charge in [0.05, 0.1) is 25.8 Å². The fourth-order valence-electron chi connectivity index (χ4n) is 0.847. The Hall–Kier alpha value is -1.90. The maximum Gasteiger partial charge on any atom is 0.246 e. The number of sulfonamides is 1. The number of nitrogens with two attached hydrogens (primary N) is 1. The molecule has 1 aromatic rings. The van der Waals surface area contributed by atoms with Gasteiger partial charge in [-0.2, -0.15) is 4.41 Å². The second kappa shape index (κ2) is 4.95. The molecule has 0 aliphatic rings. The van der Waals surface area contributed by atoms with Crippen LogP contribution >= 0.6 is 0 Å². The molecule has 0 aliphatic heterocycles. The minimum Gasteiger partial charge on any atom is -0.480 e. The van der Waals surface area contributed by atoms with Crippen molar-refractivity contribution < 1.29 is 13.2 Å². The number of nitrogens with zero attached hydrogens (tertiary/aromatic N) is 4. The van der Waals surface area contributed by atoms with Gasteiger partial charge in [-0.3, -0.25) is 4.98 Å². The van der Waals surface area contributed by atoms with E-state index in [0.717, 1.165) is 10.7 Å². The Morgan fingerprint density at radius 3 is 2.71 bits per heavy atom. The average Bonchev–Trinajstić information content (AvgIpc) is 2.27. The number of hydrogen-bond acceptors (Lipinski definition) is 6. The molecule has 0 amide bonds. The maximum absolute atomic E-state index is 11.1. The van der Waals surface area contributed by atoms with Crippen molar-refractivity contribution in [2.45, 2.75) is 0 Å². The van der Waals surface area contributed by atoms with Crippen molar-refractivity contribution in [2.75, 3.05) is 20.4 Å². The van der Waals surface area contributed by atoms with Crippen LogP contribution in [0.2, 0.25) is 0 Å². The fraction of sp³-hybridized carbons (Fsp3) is 0.375. The predicted molar refractivity (Wildman–Crippen MR) is 61.9 cm³/mol. The lowest BCUT2D eigenvalue weighted by molar-refractivity contribution is 0.395. The summed E-state index contributed by atoms with van der Waals surface area (Å²) in [7, 11) is -0.727. The van der Waals surface area contributed by atoms with E-state index < -0.39 is 10.0 Å². The van der Waals surface area contributed by atoms with Crippen LogP contribution in [0, 0.1) is 0 Å². The summed E-state index contributed by atoms with van der Waals surface area (Å²) in [5.74, 6) is 0.201. The van der Waals surface area contributed by atoms with E-state index in [-0.39, 0.29) is 17.4 Å². The Balaban J connectivity index is 3.03. The van der Waals surface area contributed by atoms with Crippen LogP contribution in [0.3, 0.4) is 0 Å². The van der Waals surface area contributed by atoms with Gasteiger partial charge < -0.3 is 10.5 Å². The molecule has 8 nitrogen and oxygen atoms in total. The van der Waals surface area contributed by atoms with Crippen molar-refractivity contribution >= 4 is 15.9 Å². The summed E-state index contributed by atoms with van der Waals surface area (Å²) in [6, 6.07) is 0. The van der Waals surface area contributed by atoms with Crippen LogP contribution in [0.4, 0.5) is 0 Å². The molecule has 1 rings (SSSR count). The van der Waals surface area contributed by atoms with Crippen molar-refractivity contribution in [1.29, 1.82) is 0 Å². The Morgan fingerprint density at radius 1 is 1.53 bits per heavy atom. The highest BCUT2D eigenvalue weighted by molar-refractivity contribution is 7.88. The number of rotatable bonds is 4. The first kappa shape index (κ1) is 13.2. The third-order valence-electron chi connectivity index (χ3n) is 1.81. The van der Waals surface area contributed by atoms with Crippen LogP contribution in [0.1, 0.15) is 5.69 Å². The van der Waals surface area contributed by atoms with Crippen LogP contribution in [-0.4, -0.2) is 49.0 Å². The Labute approximate surface area is 99.2 Å². The van der Waals surface area contributed by atoms with E-state index >= 15 is 0 Å². The molecule has 0 aliphatic carbocycles. The number of hydrogen-bond donors (Lipinski definition) is 1. The molecular weight excluding hydrogens is 246 g/mol. The summed E-state index contributed by atoms with van der Waals surface area (Å²) >= 11 is 0. The maximum atomic E-state index is 11.1. The molecule has 0 fully saturated rings. The Morgan fingerprint density at radius 2 is 2.18 bits per heavy atom. The van der Waals surface area contributed by atoms with Crippen molar-refractivity contribution in [3.8, 4) is 5.88 Å². The zero-order chi connectivity index (χ0) is 13.1. The fourth-order valence-corrected chi connectivity index (χ4v) is 1.08. The molecular formula is C8H13N5O3S. The lowest BCUT2D eigenvalue weighted by atomic mass is 10.4. The number of amidine groups is 1. The van der Waals surface area contributed by atoms with E-state index in [0.29, 0.717) is 0 Å². The summed E-state index contributed by atoms with van der Waals surface area (Å²) in [6.45, 7) is 0. The lowest BCUT2D eigenvalue weighted by Crippen LogP contribution is -2.26.